The van der Waals surface area contributed by atoms with Crippen molar-refractivity contribution in [2.24, 2.45) is 5.73 Å². The third-order valence-corrected chi connectivity index (χ3v) is 1.98. The van der Waals surface area contributed by atoms with Gasteiger partial charge in [-0.1, -0.05) is 16.8 Å². The molecule has 62 valence electrons. The molecule has 0 aliphatic rings. The molecule has 0 aliphatic carbocycles. The predicted molar refractivity (Wildman–Crippen MR) is 46.9 cm³/mol. The van der Waals surface area contributed by atoms with Crippen molar-refractivity contribution in [3.63, 3.8) is 0 Å². The van der Waals surface area contributed by atoms with Crippen LogP contribution in [-0.4, -0.2) is 5.16 Å². The maximum atomic E-state index is 5.89. The van der Waals surface area contributed by atoms with Crippen molar-refractivity contribution < 1.29 is 4.52 Å². The number of fused-ring (bicyclic) bond motifs is 1. The van der Waals surface area contributed by atoms with Crippen molar-refractivity contribution in [3.8, 4) is 0 Å². The normalized spacial score (nSPS) is 10.8. The number of rotatable bonds is 1. The first-order valence-electron chi connectivity index (χ1n) is 3.54. The zero-order valence-corrected chi connectivity index (χ0v) is 7.01. The van der Waals surface area contributed by atoms with Crippen LogP contribution in [0.2, 0.25) is 5.02 Å². The Labute approximate surface area is 74.1 Å². The second-order valence-corrected chi connectivity index (χ2v) is 2.93. The average Bonchev–Trinajstić information content (AvgIpc) is 2.52. The van der Waals surface area contributed by atoms with Crippen molar-refractivity contribution >= 4 is 22.6 Å². The van der Waals surface area contributed by atoms with E-state index in [2.05, 4.69) is 5.16 Å². The maximum absolute atomic E-state index is 5.89. The molecule has 2 N–H and O–H groups in total. The molecule has 0 aliphatic heterocycles. The van der Waals surface area contributed by atoms with Gasteiger partial charge in [-0.05, 0) is 17.7 Å². The van der Waals surface area contributed by atoms with Crippen molar-refractivity contribution in [1.82, 2.24) is 5.16 Å². The van der Waals surface area contributed by atoms with Gasteiger partial charge in [0.25, 0.3) is 0 Å². The molecule has 1 aromatic heterocycles. The Hall–Kier alpha value is -1.06. The molecule has 1 aromatic carbocycles. The van der Waals surface area contributed by atoms with Crippen molar-refractivity contribution in [1.29, 1.82) is 0 Å². The van der Waals surface area contributed by atoms with E-state index in [1.807, 2.05) is 6.07 Å². The number of benzene rings is 1. The van der Waals surface area contributed by atoms with Crippen LogP contribution >= 0.6 is 11.6 Å². The highest BCUT2D eigenvalue weighted by Gasteiger charge is 2.04. The van der Waals surface area contributed by atoms with Crippen LogP contribution in [0, 0.1) is 0 Å². The van der Waals surface area contributed by atoms with Gasteiger partial charge in [-0.2, -0.15) is 0 Å². The van der Waals surface area contributed by atoms with Gasteiger partial charge in [-0.15, -0.1) is 0 Å². The van der Waals surface area contributed by atoms with Gasteiger partial charge >= 0.3 is 0 Å². The van der Waals surface area contributed by atoms with Gasteiger partial charge in [0, 0.05) is 11.9 Å². The lowest BCUT2D eigenvalue weighted by atomic mass is 10.2. The largest absolute Gasteiger partial charge is 0.355 e. The fourth-order valence-electron chi connectivity index (χ4n) is 1.12. The Kier molecular flexibility index (Phi) is 1.75. The topological polar surface area (TPSA) is 52.0 Å². The van der Waals surface area contributed by atoms with Crippen LogP contribution in [0.15, 0.2) is 22.9 Å². The third kappa shape index (κ3) is 1.07. The van der Waals surface area contributed by atoms with Gasteiger partial charge in [0.2, 0.25) is 0 Å². The van der Waals surface area contributed by atoms with Crippen LogP contribution in [0.1, 0.15) is 5.56 Å². The van der Waals surface area contributed by atoms with Crippen molar-refractivity contribution in [2.45, 2.75) is 6.54 Å². The fourth-order valence-corrected chi connectivity index (χ4v) is 1.40. The average molecular weight is 183 g/mol. The Morgan fingerprint density at radius 1 is 1.50 bits per heavy atom. The first-order chi connectivity index (χ1) is 5.81. The van der Waals surface area contributed by atoms with E-state index in [-0.39, 0.29) is 0 Å². The molecule has 1 heterocycles. The first kappa shape index (κ1) is 7.58. The molecule has 2 aromatic rings. The minimum absolute atomic E-state index is 0.473. The van der Waals surface area contributed by atoms with E-state index in [1.165, 1.54) is 0 Å². The van der Waals surface area contributed by atoms with Gasteiger partial charge in [0.05, 0.1) is 11.2 Å². The maximum Gasteiger partial charge on any atom is 0.185 e. The Morgan fingerprint density at radius 2 is 2.33 bits per heavy atom. The minimum atomic E-state index is 0.473. The lowest BCUT2D eigenvalue weighted by Crippen LogP contribution is -1.95. The number of hydrogen-bond acceptors (Lipinski definition) is 3. The van der Waals surface area contributed by atoms with E-state index in [9.17, 15) is 0 Å². The molecular weight excluding hydrogens is 176 g/mol. The van der Waals surface area contributed by atoms with Gasteiger partial charge in [0.1, 0.15) is 0 Å². The molecule has 3 nitrogen and oxygen atoms in total. The highest BCUT2D eigenvalue weighted by Crippen LogP contribution is 2.24. The fraction of sp³-hybridized carbons (Fsp3) is 0.125. The van der Waals surface area contributed by atoms with Crippen molar-refractivity contribution in [3.05, 3.63) is 28.9 Å². The molecule has 0 spiro atoms. The number of halogens is 1. The van der Waals surface area contributed by atoms with E-state index in [4.69, 9.17) is 21.9 Å². The quantitative estimate of drug-likeness (QED) is 0.734. The number of aromatic nitrogens is 1. The summed E-state index contributed by atoms with van der Waals surface area (Å²) in [5.74, 6) is 0. The van der Waals surface area contributed by atoms with Crippen molar-refractivity contribution in [2.75, 3.05) is 0 Å². The van der Waals surface area contributed by atoms with Gasteiger partial charge < -0.3 is 10.3 Å². The summed E-state index contributed by atoms with van der Waals surface area (Å²) in [5.41, 5.74) is 7.07. The standard InChI is InChI=1S/C8H7ClN2O/c9-7-2-5(3-10)1-6-4-11-12-8(6)7/h1-2,4H,3,10H2. The van der Waals surface area contributed by atoms with E-state index in [0.29, 0.717) is 17.2 Å². The van der Waals surface area contributed by atoms with Crippen LogP contribution in [0.5, 0.6) is 0 Å². The van der Waals surface area contributed by atoms with Crippen LogP contribution in [-0.2, 0) is 6.54 Å². The second kappa shape index (κ2) is 2.77. The van der Waals surface area contributed by atoms with E-state index in [1.54, 1.807) is 12.3 Å². The SMILES string of the molecule is NCc1cc(Cl)c2oncc2c1. The minimum Gasteiger partial charge on any atom is -0.355 e. The molecule has 0 saturated carbocycles. The molecular formula is C8H7ClN2O. The molecule has 0 unspecified atom stereocenters. The smallest absolute Gasteiger partial charge is 0.185 e. The second-order valence-electron chi connectivity index (χ2n) is 2.53. The van der Waals surface area contributed by atoms with E-state index in [0.717, 1.165) is 10.9 Å². The zero-order chi connectivity index (χ0) is 8.55. The number of nitrogens with zero attached hydrogens (tertiary/aromatic N) is 1. The molecule has 0 fully saturated rings. The molecule has 0 saturated heterocycles. The lowest BCUT2D eigenvalue weighted by molar-refractivity contribution is 0.456. The zero-order valence-electron chi connectivity index (χ0n) is 6.25. The van der Waals surface area contributed by atoms with Crippen LogP contribution in [0.25, 0.3) is 11.0 Å². The summed E-state index contributed by atoms with van der Waals surface area (Å²) in [4.78, 5) is 0. The molecule has 0 bridgehead atoms. The molecule has 12 heavy (non-hydrogen) atoms. The highest BCUT2D eigenvalue weighted by molar-refractivity contribution is 6.34. The monoisotopic (exact) mass is 182 g/mol. The molecule has 4 heteroatoms. The van der Waals surface area contributed by atoms with Gasteiger partial charge in [-0.25, -0.2) is 0 Å². The van der Waals surface area contributed by atoms with E-state index >= 15 is 0 Å². The van der Waals surface area contributed by atoms with E-state index < -0.39 is 0 Å². The Bertz CT molecular complexity index is 410. The summed E-state index contributed by atoms with van der Waals surface area (Å²) in [6.07, 6.45) is 1.63. The lowest BCUT2D eigenvalue weighted by Gasteiger charge is -1.96. The summed E-state index contributed by atoms with van der Waals surface area (Å²) < 4.78 is 4.93. The third-order valence-electron chi connectivity index (χ3n) is 1.70. The van der Waals surface area contributed by atoms with Crippen LogP contribution in [0.3, 0.4) is 0 Å². The first-order valence-corrected chi connectivity index (χ1v) is 3.92. The summed E-state index contributed by atoms with van der Waals surface area (Å²) in [7, 11) is 0. The Morgan fingerprint density at radius 3 is 3.08 bits per heavy atom. The summed E-state index contributed by atoms with van der Waals surface area (Å²) in [6, 6.07) is 3.70. The van der Waals surface area contributed by atoms with Crippen LogP contribution in [0.4, 0.5) is 0 Å². The van der Waals surface area contributed by atoms with Crippen LogP contribution < -0.4 is 5.73 Å². The van der Waals surface area contributed by atoms with Gasteiger partial charge in [-0.3, -0.25) is 0 Å². The molecule has 0 atom stereocenters. The summed E-state index contributed by atoms with van der Waals surface area (Å²) in [5, 5.41) is 5.09. The summed E-state index contributed by atoms with van der Waals surface area (Å²) in [6.45, 7) is 0.473. The Balaban J connectivity index is 2.75. The molecule has 0 radical (unpaired) electrons. The summed E-state index contributed by atoms with van der Waals surface area (Å²) >= 11 is 5.89. The number of nitrogens with two attached hydrogens (primary N) is 1. The molecule has 2 rings (SSSR count). The number of hydrogen-bond donors (Lipinski definition) is 1. The molecule has 0 amide bonds. The highest BCUT2D eigenvalue weighted by atomic mass is 35.5. The van der Waals surface area contributed by atoms with Gasteiger partial charge in [0.15, 0.2) is 5.58 Å². The predicted octanol–water partition coefficient (Wildman–Crippen LogP) is 1.94.